The zero-order valence-corrected chi connectivity index (χ0v) is 9.41. The topological polar surface area (TPSA) is 59.1 Å². The fourth-order valence-corrected chi connectivity index (χ4v) is 3.05. The zero-order chi connectivity index (χ0) is 10.7. The summed E-state index contributed by atoms with van der Waals surface area (Å²) in [5.41, 5.74) is 6.53. The lowest BCUT2D eigenvalue weighted by Crippen LogP contribution is -2.26. The van der Waals surface area contributed by atoms with Crippen molar-refractivity contribution in [2.75, 3.05) is 5.73 Å². The second kappa shape index (κ2) is 4.86. The van der Waals surface area contributed by atoms with E-state index in [1.807, 2.05) is 12.1 Å². The predicted octanol–water partition coefficient (Wildman–Crippen LogP) is 2.06. The van der Waals surface area contributed by atoms with E-state index in [2.05, 4.69) is 4.98 Å². The number of aromatic nitrogens is 1. The molecule has 1 saturated carbocycles. The lowest BCUT2D eigenvalue weighted by Gasteiger charge is -2.26. The third-order valence-electron chi connectivity index (χ3n) is 2.73. The molecule has 0 aromatic carbocycles. The third kappa shape index (κ3) is 2.63. The van der Waals surface area contributed by atoms with Crippen molar-refractivity contribution in [1.82, 2.24) is 4.98 Å². The fraction of sp³-hybridized carbons (Fsp3) is 0.545. The smallest absolute Gasteiger partial charge is 0.119 e. The molecule has 0 radical (unpaired) electrons. The summed E-state index contributed by atoms with van der Waals surface area (Å²) in [6, 6.07) is 3.68. The Hall–Kier alpha value is -0.740. The van der Waals surface area contributed by atoms with Gasteiger partial charge in [-0.05, 0) is 25.0 Å². The highest BCUT2D eigenvalue weighted by molar-refractivity contribution is 8.00. The molecule has 3 nitrogen and oxygen atoms in total. The first kappa shape index (κ1) is 10.8. The molecule has 1 aliphatic carbocycles. The third-order valence-corrected chi connectivity index (χ3v) is 4.15. The van der Waals surface area contributed by atoms with Gasteiger partial charge < -0.3 is 10.8 Å². The van der Waals surface area contributed by atoms with E-state index in [0.717, 1.165) is 24.3 Å². The van der Waals surface area contributed by atoms with Crippen LogP contribution in [0.2, 0.25) is 0 Å². The van der Waals surface area contributed by atoms with Crippen LogP contribution in [-0.4, -0.2) is 21.4 Å². The first-order chi connectivity index (χ1) is 7.27. The van der Waals surface area contributed by atoms with Crippen molar-refractivity contribution < 1.29 is 5.11 Å². The van der Waals surface area contributed by atoms with Crippen LogP contribution in [0.5, 0.6) is 0 Å². The van der Waals surface area contributed by atoms with E-state index in [1.54, 1.807) is 18.0 Å². The van der Waals surface area contributed by atoms with Crippen LogP contribution in [0.15, 0.2) is 23.4 Å². The molecule has 15 heavy (non-hydrogen) atoms. The number of nitrogen functional groups attached to an aromatic ring is 1. The molecule has 1 aliphatic rings. The summed E-state index contributed by atoms with van der Waals surface area (Å²) in [5.74, 6) is 0. The van der Waals surface area contributed by atoms with Gasteiger partial charge in [-0.1, -0.05) is 24.6 Å². The van der Waals surface area contributed by atoms with E-state index in [4.69, 9.17) is 5.73 Å². The largest absolute Gasteiger partial charge is 0.397 e. The first-order valence-electron chi connectivity index (χ1n) is 5.32. The van der Waals surface area contributed by atoms with Gasteiger partial charge in [0.15, 0.2) is 0 Å². The van der Waals surface area contributed by atoms with Crippen LogP contribution >= 0.6 is 11.8 Å². The maximum absolute atomic E-state index is 9.83. The molecule has 82 valence electrons. The molecule has 0 bridgehead atoms. The van der Waals surface area contributed by atoms with E-state index in [9.17, 15) is 5.11 Å². The number of hydrogen-bond donors (Lipinski definition) is 2. The molecule has 0 spiro atoms. The van der Waals surface area contributed by atoms with Gasteiger partial charge in [0.2, 0.25) is 0 Å². The average Bonchev–Trinajstić information content (AvgIpc) is 2.24. The van der Waals surface area contributed by atoms with Gasteiger partial charge >= 0.3 is 0 Å². The lowest BCUT2D eigenvalue weighted by atomic mass is 9.97. The molecule has 0 aliphatic heterocycles. The van der Waals surface area contributed by atoms with E-state index in [-0.39, 0.29) is 11.4 Å². The van der Waals surface area contributed by atoms with Crippen molar-refractivity contribution in [3.8, 4) is 0 Å². The molecule has 0 amide bonds. The standard InChI is InChI=1S/C11H16N2OS/c12-8-4-3-7-13-11(8)15-10-6-2-1-5-9(10)14/h3-4,7,9-10,14H,1-2,5-6,12H2. The maximum atomic E-state index is 9.83. The number of nitrogens with zero attached hydrogens (tertiary/aromatic N) is 1. The van der Waals surface area contributed by atoms with Gasteiger partial charge in [0.25, 0.3) is 0 Å². The van der Waals surface area contributed by atoms with Gasteiger partial charge in [-0.3, -0.25) is 0 Å². The van der Waals surface area contributed by atoms with Gasteiger partial charge in [0.05, 0.1) is 11.8 Å². The number of aliphatic hydroxyl groups excluding tert-OH is 1. The van der Waals surface area contributed by atoms with Crippen molar-refractivity contribution >= 4 is 17.4 Å². The van der Waals surface area contributed by atoms with Crippen molar-refractivity contribution in [3.05, 3.63) is 18.3 Å². The quantitative estimate of drug-likeness (QED) is 0.807. The summed E-state index contributed by atoms with van der Waals surface area (Å²) in [6.07, 6.45) is 5.84. The minimum atomic E-state index is -0.204. The number of hydrogen-bond acceptors (Lipinski definition) is 4. The fourth-order valence-electron chi connectivity index (χ4n) is 1.86. The van der Waals surface area contributed by atoms with Crippen LogP contribution in [0.25, 0.3) is 0 Å². The number of anilines is 1. The number of aliphatic hydroxyl groups is 1. The normalized spacial score (nSPS) is 26.5. The Kier molecular flexibility index (Phi) is 3.49. The molecule has 4 heteroatoms. The molecule has 2 rings (SSSR count). The number of thioether (sulfide) groups is 1. The molecular formula is C11H16N2OS. The van der Waals surface area contributed by atoms with E-state index >= 15 is 0 Å². The van der Waals surface area contributed by atoms with Crippen LogP contribution in [0.3, 0.4) is 0 Å². The molecule has 3 N–H and O–H groups in total. The molecule has 1 aromatic heterocycles. The van der Waals surface area contributed by atoms with Crippen molar-refractivity contribution in [1.29, 1.82) is 0 Å². The van der Waals surface area contributed by atoms with Crippen LogP contribution < -0.4 is 5.73 Å². The molecule has 1 fully saturated rings. The Bertz CT molecular complexity index is 332. The second-order valence-corrected chi connectivity index (χ2v) is 5.13. The van der Waals surface area contributed by atoms with Gasteiger partial charge in [-0.2, -0.15) is 0 Å². The number of nitrogens with two attached hydrogens (primary N) is 1. The highest BCUT2D eigenvalue weighted by Crippen LogP contribution is 2.34. The van der Waals surface area contributed by atoms with Crippen LogP contribution in [-0.2, 0) is 0 Å². The summed E-state index contributed by atoms with van der Waals surface area (Å²) in [7, 11) is 0. The van der Waals surface area contributed by atoms with Gasteiger partial charge in [-0.25, -0.2) is 4.98 Å². The Morgan fingerprint density at radius 3 is 2.93 bits per heavy atom. The second-order valence-electron chi connectivity index (χ2n) is 3.91. The van der Waals surface area contributed by atoms with E-state index in [1.165, 1.54) is 6.42 Å². The monoisotopic (exact) mass is 224 g/mol. The predicted molar refractivity (Wildman–Crippen MR) is 62.8 cm³/mol. The summed E-state index contributed by atoms with van der Waals surface area (Å²) in [4.78, 5) is 4.23. The van der Waals surface area contributed by atoms with Crippen LogP contribution in [0.1, 0.15) is 25.7 Å². The minimum absolute atomic E-state index is 0.204. The summed E-state index contributed by atoms with van der Waals surface area (Å²) >= 11 is 1.61. The summed E-state index contributed by atoms with van der Waals surface area (Å²) < 4.78 is 0. The molecule has 2 unspecified atom stereocenters. The van der Waals surface area contributed by atoms with Crippen molar-refractivity contribution in [2.45, 2.75) is 42.1 Å². The van der Waals surface area contributed by atoms with Crippen LogP contribution in [0, 0.1) is 0 Å². The average molecular weight is 224 g/mol. The molecule has 0 saturated heterocycles. The SMILES string of the molecule is Nc1cccnc1SC1CCCCC1O. The zero-order valence-electron chi connectivity index (χ0n) is 8.60. The summed E-state index contributed by atoms with van der Waals surface area (Å²) in [6.45, 7) is 0. The lowest BCUT2D eigenvalue weighted by molar-refractivity contribution is 0.137. The molecule has 2 atom stereocenters. The van der Waals surface area contributed by atoms with Crippen molar-refractivity contribution in [3.63, 3.8) is 0 Å². The van der Waals surface area contributed by atoms with Gasteiger partial charge in [0, 0.05) is 11.4 Å². The number of pyridine rings is 1. The maximum Gasteiger partial charge on any atom is 0.119 e. The Balaban J connectivity index is 2.04. The summed E-state index contributed by atoms with van der Waals surface area (Å²) in [5, 5.41) is 10.9. The molecular weight excluding hydrogens is 208 g/mol. The minimum Gasteiger partial charge on any atom is -0.397 e. The molecule has 1 heterocycles. The number of rotatable bonds is 2. The van der Waals surface area contributed by atoms with E-state index in [0.29, 0.717) is 5.69 Å². The highest BCUT2D eigenvalue weighted by atomic mass is 32.2. The Morgan fingerprint density at radius 1 is 1.40 bits per heavy atom. The van der Waals surface area contributed by atoms with Gasteiger partial charge in [0.1, 0.15) is 5.03 Å². The van der Waals surface area contributed by atoms with E-state index < -0.39 is 0 Å². The first-order valence-corrected chi connectivity index (χ1v) is 6.20. The molecule has 1 aromatic rings. The Morgan fingerprint density at radius 2 is 2.20 bits per heavy atom. The van der Waals surface area contributed by atoms with Gasteiger partial charge in [-0.15, -0.1) is 0 Å². The highest BCUT2D eigenvalue weighted by Gasteiger charge is 2.24. The van der Waals surface area contributed by atoms with Crippen molar-refractivity contribution in [2.24, 2.45) is 0 Å². The van der Waals surface area contributed by atoms with Crippen LogP contribution in [0.4, 0.5) is 5.69 Å². The Labute approximate surface area is 94.1 Å².